The van der Waals surface area contributed by atoms with Crippen molar-refractivity contribution in [1.29, 1.82) is 0 Å². The van der Waals surface area contributed by atoms with Crippen LogP contribution in [0.3, 0.4) is 0 Å². The lowest BCUT2D eigenvalue weighted by atomic mass is 10.0. The second-order valence-electron chi connectivity index (χ2n) is 33.1. The van der Waals surface area contributed by atoms with E-state index in [0.29, 0.717) is 19.3 Å². The van der Waals surface area contributed by atoms with Crippen molar-refractivity contribution < 1.29 is 75.8 Å². The van der Waals surface area contributed by atoms with Crippen LogP contribution in [0.25, 0.3) is 0 Å². The van der Waals surface area contributed by atoms with Gasteiger partial charge >= 0.3 is 33.6 Å². The van der Waals surface area contributed by atoms with E-state index < -0.39 is 91.5 Å². The summed E-state index contributed by atoms with van der Waals surface area (Å²) in [6.07, 6.45) is 135. The summed E-state index contributed by atoms with van der Waals surface area (Å²) in [6.45, 7) is 2.37. The number of phosphoric acid groups is 2. The predicted octanol–water partition coefficient (Wildman–Crippen LogP) is 31.9. The fourth-order valence-corrected chi connectivity index (χ4v) is 15.1. The lowest BCUT2D eigenvalue weighted by Crippen LogP contribution is -2.30. The Morgan fingerprint density at radius 3 is 0.622 bits per heavy atom. The molecule has 5 unspecified atom stereocenters. The average molecular weight is 1810 g/mol. The molecule has 0 heterocycles. The molecule has 0 saturated heterocycles. The van der Waals surface area contributed by atoms with Crippen molar-refractivity contribution in [3.05, 3.63) is 207 Å². The van der Waals surface area contributed by atoms with Crippen LogP contribution in [0.1, 0.15) is 406 Å². The van der Waals surface area contributed by atoms with Crippen LogP contribution in [0, 0.1) is 0 Å². The molecule has 0 fully saturated rings. The van der Waals surface area contributed by atoms with Crippen LogP contribution in [0.4, 0.5) is 0 Å². The van der Waals surface area contributed by atoms with Crippen molar-refractivity contribution in [3.8, 4) is 0 Å². The van der Waals surface area contributed by atoms with Gasteiger partial charge in [0.2, 0.25) is 0 Å². The van der Waals surface area contributed by atoms with Crippen LogP contribution in [0.15, 0.2) is 207 Å². The first-order valence-electron chi connectivity index (χ1n) is 50.4. The van der Waals surface area contributed by atoms with Crippen molar-refractivity contribution in [3.63, 3.8) is 0 Å². The summed E-state index contributed by atoms with van der Waals surface area (Å²) in [5, 5.41) is 20.8. The topological polar surface area (TPSA) is 231 Å². The van der Waals surface area contributed by atoms with Gasteiger partial charge < -0.3 is 34.2 Å². The summed E-state index contributed by atoms with van der Waals surface area (Å²) < 4.78 is 61.6. The van der Waals surface area contributed by atoms with E-state index in [2.05, 4.69) is 227 Å². The van der Waals surface area contributed by atoms with Gasteiger partial charge in [-0.05, 0) is 167 Å². The first-order chi connectivity index (χ1) is 62.2. The summed E-state index contributed by atoms with van der Waals surface area (Å²) in [5.74, 6) is -1.59. The zero-order valence-corrected chi connectivity index (χ0v) is 81.9. The van der Waals surface area contributed by atoms with Gasteiger partial charge in [0, 0.05) is 19.3 Å². The SMILES string of the molecule is CC/C=C\C/C=C\C/C=C\C/C=C\C/C=C\C/C=C\CCCCCCCCCCCCCCC(=O)OCC(COP(=O)(O)OCC(O)COP(=O)(O)OCC(O)COC(=O)CCCCCCCCCCCCCCCCCCCCC/C=C\C/C=C\C/C=C\C/C=C\C/C=C\CC)OC(=O)CCCCCCCC/C=C\C/C=C\C/C=C\C/C=C\C/C=C\C/C=C\CC. The Labute approximate surface area is 775 Å². The van der Waals surface area contributed by atoms with Crippen LogP contribution >= 0.6 is 15.6 Å². The third kappa shape index (κ3) is 101. The lowest BCUT2D eigenvalue weighted by Gasteiger charge is -2.21. The number of aliphatic hydroxyl groups is 2. The highest BCUT2D eigenvalue weighted by Crippen LogP contribution is 2.45. The Bertz CT molecular complexity index is 3140. The lowest BCUT2D eigenvalue weighted by molar-refractivity contribution is -0.161. The summed E-state index contributed by atoms with van der Waals surface area (Å²) >= 11 is 0. The van der Waals surface area contributed by atoms with E-state index in [1.807, 2.05) is 0 Å². The molecule has 18 heteroatoms. The minimum Gasteiger partial charge on any atom is -0.463 e. The standard InChI is InChI=1S/C109H182O16P2/c1-4-7-10-13-16-19-22-25-28-31-34-37-40-43-45-47-49-50-51-52-54-56-57-60-62-65-68-71-74-77-80-83-86-89-92-95-107(112)119-98-104(110)99-121-126(115,116)122-100-105(111)101-123-127(117,118)124-103-106(125-109(114)97-94-91-88-85-82-79-76-73-70-67-64-59-42-39-36-33-30-27-24-21-18-15-12-9-6-3)102-120-108(113)96-93-90-87-84-81-78-75-72-69-66-63-61-58-55-53-48-46-44-41-38-35-32-29-26-23-20-17-14-11-8-5-2/h7-12,16-21,25-30,34-39,43-46,53,55,59,64,70,73,104-106,110-111H,4-6,13-15,22-24,31-33,40-42,47-52,54,56-58,60-63,65-69,71-72,74-103H2,1-3H3,(H,115,116)(H,117,118)/b10-7-,11-8-,12-9-,19-16-,20-17-,21-18-,28-25-,29-26-,30-27-,37-34-,38-35-,39-36-,45-43-,46-44-,55-53-,64-59-,73-70-. The third-order valence-electron chi connectivity index (χ3n) is 21.0. The van der Waals surface area contributed by atoms with Crippen LogP contribution in [0.5, 0.6) is 0 Å². The van der Waals surface area contributed by atoms with E-state index >= 15 is 0 Å². The normalized spacial score (nSPS) is 14.5. The van der Waals surface area contributed by atoms with Crippen molar-refractivity contribution >= 4 is 33.6 Å². The van der Waals surface area contributed by atoms with Crippen molar-refractivity contribution in [2.45, 2.75) is 424 Å². The molecule has 127 heavy (non-hydrogen) atoms. The van der Waals surface area contributed by atoms with Crippen LogP contribution in [-0.2, 0) is 55.8 Å². The summed E-state index contributed by atoms with van der Waals surface area (Å²) in [6, 6.07) is 0. The number of allylic oxidation sites excluding steroid dienone is 34. The van der Waals surface area contributed by atoms with Gasteiger partial charge in [-0.2, -0.15) is 0 Å². The van der Waals surface area contributed by atoms with Crippen molar-refractivity contribution in [1.82, 2.24) is 0 Å². The number of unbranched alkanes of at least 4 members (excludes halogenated alkanes) is 37. The molecule has 16 nitrogen and oxygen atoms in total. The van der Waals surface area contributed by atoms with Gasteiger partial charge in [0.05, 0.1) is 26.4 Å². The number of hydrogen-bond donors (Lipinski definition) is 4. The Morgan fingerprint density at radius 2 is 0.394 bits per heavy atom. The zero-order chi connectivity index (χ0) is 92.1. The van der Waals surface area contributed by atoms with Crippen LogP contribution in [-0.4, -0.2) is 95.9 Å². The maximum atomic E-state index is 13.1. The highest BCUT2D eigenvalue weighted by atomic mass is 31.2. The van der Waals surface area contributed by atoms with Gasteiger partial charge in [-0.15, -0.1) is 0 Å². The third-order valence-corrected chi connectivity index (χ3v) is 22.9. The molecule has 5 atom stereocenters. The molecule has 0 aliphatic rings. The second-order valence-corrected chi connectivity index (χ2v) is 36.0. The zero-order valence-electron chi connectivity index (χ0n) is 80.1. The molecule has 724 valence electrons. The Kier molecular flexibility index (Phi) is 94.6. The highest BCUT2D eigenvalue weighted by Gasteiger charge is 2.30. The molecule has 0 spiro atoms. The van der Waals surface area contributed by atoms with Gasteiger partial charge in [-0.25, -0.2) is 9.13 Å². The molecule has 0 aromatic rings. The molecular formula is C109H182O16P2. The minimum absolute atomic E-state index is 0.0805. The molecular weight excluding hydrogens is 1630 g/mol. The maximum absolute atomic E-state index is 13.1. The van der Waals surface area contributed by atoms with E-state index in [4.69, 9.17) is 32.3 Å². The van der Waals surface area contributed by atoms with Crippen LogP contribution < -0.4 is 0 Å². The van der Waals surface area contributed by atoms with Gasteiger partial charge in [0.15, 0.2) is 6.10 Å². The smallest absolute Gasteiger partial charge is 0.463 e. The number of aliphatic hydroxyl groups excluding tert-OH is 2. The molecule has 0 aliphatic carbocycles. The molecule has 0 aliphatic heterocycles. The van der Waals surface area contributed by atoms with E-state index in [1.54, 1.807) is 0 Å². The minimum atomic E-state index is -4.96. The van der Waals surface area contributed by atoms with E-state index in [0.717, 1.165) is 199 Å². The largest absolute Gasteiger partial charge is 0.472 e. The number of rotatable bonds is 94. The Hall–Kier alpha value is -5.87. The van der Waals surface area contributed by atoms with E-state index in [9.17, 15) is 43.5 Å². The molecule has 0 aromatic carbocycles. The van der Waals surface area contributed by atoms with Gasteiger partial charge in [-0.3, -0.25) is 32.5 Å². The quantitative estimate of drug-likeness (QED) is 0.0146. The Morgan fingerprint density at radius 1 is 0.220 bits per heavy atom. The Balaban J connectivity index is 4.60. The molecule has 0 aromatic heterocycles. The molecule has 0 bridgehead atoms. The number of carbonyl (C=O) groups excluding carboxylic acids is 3. The number of hydrogen-bond acceptors (Lipinski definition) is 14. The number of ether oxygens (including phenoxy) is 3. The summed E-state index contributed by atoms with van der Waals surface area (Å²) in [7, 11) is -9.83. The predicted molar refractivity (Wildman–Crippen MR) is 537 cm³/mol. The number of esters is 3. The first kappa shape index (κ1) is 121. The molecule has 0 saturated carbocycles. The van der Waals surface area contributed by atoms with E-state index in [-0.39, 0.29) is 19.3 Å². The van der Waals surface area contributed by atoms with Crippen molar-refractivity contribution in [2.75, 3.05) is 39.6 Å². The fraction of sp³-hybridized carbons (Fsp3) is 0.661. The van der Waals surface area contributed by atoms with Gasteiger partial charge in [0.1, 0.15) is 25.4 Å². The maximum Gasteiger partial charge on any atom is 0.472 e. The summed E-state index contributed by atoms with van der Waals surface area (Å²) in [5.41, 5.74) is 0. The van der Waals surface area contributed by atoms with Crippen LogP contribution in [0.2, 0.25) is 0 Å². The average Bonchev–Trinajstić information content (AvgIpc) is 0.898. The monoisotopic (exact) mass is 1810 g/mol. The van der Waals surface area contributed by atoms with Crippen molar-refractivity contribution in [2.24, 2.45) is 0 Å². The number of carbonyl (C=O) groups is 3. The molecule has 0 radical (unpaired) electrons. The van der Waals surface area contributed by atoms with E-state index in [1.165, 1.54) is 148 Å². The molecule has 0 amide bonds. The number of phosphoric ester groups is 2. The first-order valence-corrected chi connectivity index (χ1v) is 53.4. The second kappa shape index (κ2) is 99.1. The summed E-state index contributed by atoms with van der Waals surface area (Å²) in [4.78, 5) is 59.2. The molecule has 0 rings (SSSR count). The highest BCUT2D eigenvalue weighted by molar-refractivity contribution is 7.47. The van der Waals surface area contributed by atoms with Gasteiger partial charge in [-0.1, -0.05) is 426 Å². The molecule has 4 N–H and O–H groups in total. The fourth-order valence-electron chi connectivity index (χ4n) is 13.5. The van der Waals surface area contributed by atoms with Gasteiger partial charge in [0.25, 0.3) is 0 Å².